The van der Waals surface area contributed by atoms with Crippen molar-refractivity contribution in [3.63, 3.8) is 0 Å². The summed E-state index contributed by atoms with van der Waals surface area (Å²) in [4.78, 5) is 26.7. The average molecular weight is 364 g/mol. The van der Waals surface area contributed by atoms with Gasteiger partial charge < -0.3 is 15.4 Å². The predicted octanol–water partition coefficient (Wildman–Crippen LogP) is 4.93. The van der Waals surface area contributed by atoms with Gasteiger partial charge in [-0.3, -0.25) is 9.59 Å². The molecule has 0 unspecified atom stereocenters. The number of para-hydroxylation sites is 1. The van der Waals surface area contributed by atoms with Crippen LogP contribution < -0.4 is 5.32 Å². The Labute approximate surface area is 156 Å². The SMILES string of the molecule is CCCCC(=O)Nc1ccc(C(=O)N=Nc2c(O)[nH]c3ccccc23)cc1. The first kappa shape index (κ1) is 18.3. The third-order valence-corrected chi connectivity index (χ3v) is 4.07. The lowest BCUT2D eigenvalue weighted by Crippen LogP contribution is -2.10. The van der Waals surface area contributed by atoms with Gasteiger partial charge in [-0.15, -0.1) is 10.2 Å². The number of benzene rings is 2. The molecule has 0 radical (unpaired) electrons. The molecule has 0 spiro atoms. The van der Waals surface area contributed by atoms with Gasteiger partial charge >= 0.3 is 0 Å². The Balaban J connectivity index is 1.70. The molecule has 0 fully saturated rings. The maximum Gasteiger partial charge on any atom is 0.295 e. The molecule has 2 amide bonds. The summed E-state index contributed by atoms with van der Waals surface area (Å²) in [6.45, 7) is 2.03. The first-order chi connectivity index (χ1) is 13.1. The van der Waals surface area contributed by atoms with E-state index < -0.39 is 5.91 Å². The molecule has 1 heterocycles. The fourth-order valence-corrected chi connectivity index (χ4v) is 2.62. The van der Waals surface area contributed by atoms with Crippen LogP contribution in [0, 0.1) is 0 Å². The molecule has 3 aromatic rings. The van der Waals surface area contributed by atoms with Crippen molar-refractivity contribution in [2.24, 2.45) is 10.2 Å². The van der Waals surface area contributed by atoms with Crippen molar-refractivity contribution in [1.82, 2.24) is 4.98 Å². The van der Waals surface area contributed by atoms with Crippen molar-refractivity contribution in [2.75, 3.05) is 5.32 Å². The third kappa shape index (κ3) is 4.38. The van der Waals surface area contributed by atoms with E-state index in [1.54, 1.807) is 36.4 Å². The van der Waals surface area contributed by atoms with Crippen LogP contribution in [0.2, 0.25) is 0 Å². The highest BCUT2D eigenvalue weighted by molar-refractivity contribution is 5.97. The van der Waals surface area contributed by atoms with Crippen molar-refractivity contribution < 1.29 is 14.7 Å². The summed E-state index contributed by atoms with van der Waals surface area (Å²) in [5.41, 5.74) is 1.89. The fourth-order valence-electron chi connectivity index (χ4n) is 2.62. The monoisotopic (exact) mass is 364 g/mol. The number of H-pyrrole nitrogens is 1. The van der Waals surface area contributed by atoms with Crippen LogP contribution in [-0.4, -0.2) is 21.9 Å². The molecule has 0 saturated carbocycles. The number of hydrogen-bond acceptors (Lipinski definition) is 4. The van der Waals surface area contributed by atoms with Crippen LogP contribution in [0.1, 0.15) is 36.5 Å². The lowest BCUT2D eigenvalue weighted by molar-refractivity contribution is -0.116. The number of rotatable bonds is 6. The normalized spacial score (nSPS) is 11.1. The summed E-state index contributed by atoms with van der Waals surface area (Å²) >= 11 is 0. The molecule has 7 heteroatoms. The second-order valence-electron chi connectivity index (χ2n) is 6.10. The first-order valence-corrected chi connectivity index (χ1v) is 8.74. The molecule has 0 aliphatic carbocycles. The molecule has 2 aromatic carbocycles. The Hall–Kier alpha value is -3.48. The zero-order valence-electron chi connectivity index (χ0n) is 14.9. The molecule has 27 heavy (non-hydrogen) atoms. The molecule has 3 N–H and O–H groups in total. The van der Waals surface area contributed by atoms with Gasteiger partial charge in [-0.05, 0) is 36.8 Å². The quantitative estimate of drug-likeness (QED) is 0.540. The number of nitrogens with zero attached hydrogens (tertiary/aromatic N) is 2. The molecule has 138 valence electrons. The molecule has 3 rings (SSSR count). The number of nitrogens with one attached hydrogen (secondary N) is 2. The maximum atomic E-state index is 12.2. The van der Waals surface area contributed by atoms with Crippen molar-refractivity contribution in [3.05, 3.63) is 54.1 Å². The molecular weight excluding hydrogens is 344 g/mol. The number of fused-ring (bicyclic) bond motifs is 1. The van der Waals surface area contributed by atoms with Crippen LogP contribution in [-0.2, 0) is 4.79 Å². The van der Waals surface area contributed by atoms with Crippen LogP contribution >= 0.6 is 0 Å². The van der Waals surface area contributed by atoms with E-state index >= 15 is 0 Å². The van der Waals surface area contributed by atoms with Gasteiger partial charge in [0.2, 0.25) is 11.8 Å². The van der Waals surface area contributed by atoms with Crippen LogP contribution in [0.4, 0.5) is 11.4 Å². The van der Waals surface area contributed by atoms with E-state index in [-0.39, 0.29) is 17.5 Å². The van der Waals surface area contributed by atoms with E-state index in [9.17, 15) is 14.7 Å². The largest absolute Gasteiger partial charge is 0.493 e. The van der Waals surface area contributed by atoms with Gasteiger partial charge in [-0.25, -0.2) is 0 Å². The lowest BCUT2D eigenvalue weighted by atomic mass is 10.2. The number of azo groups is 1. The summed E-state index contributed by atoms with van der Waals surface area (Å²) in [6.07, 6.45) is 2.26. The highest BCUT2D eigenvalue weighted by Crippen LogP contribution is 2.35. The number of aromatic nitrogens is 1. The zero-order chi connectivity index (χ0) is 19.2. The highest BCUT2D eigenvalue weighted by atomic mass is 16.3. The maximum absolute atomic E-state index is 12.2. The molecule has 1 aromatic heterocycles. The fraction of sp³-hybridized carbons (Fsp3) is 0.200. The minimum Gasteiger partial charge on any atom is -0.493 e. The van der Waals surface area contributed by atoms with Gasteiger partial charge in [0.25, 0.3) is 5.91 Å². The molecule has 0 aliphatic heterocycles. The van der Waals surface area contributed by atoms with Gasteiger partial charge in [0.15, 0.2) is 5.69 Å². The molecule has 0 saturated heterocycles. The number of carbonyl (C=O) groups is 2. The van der Waals surface area contributed by atoms with E-state index in [0.717, 1.165) is 12.8 Å². The Morgan fingerprint density at radius 2 is 1.85 bits per heavy atom. The summed E-state index contributed by atoms with van der Waals surface area (Å²) in [6, 6.07) is 13.7. The number of aromatic amines is 1. The first-order valence-electron chi connectivity index (χ1n) is 8.74. The number of unbranched alkanes of at least 4 members (excludes halogenated alkanes) is 1. The van der Waals surface area contributed by atoms with E-state index in [4.69, 9.17) is 0 Å². The van der Waals surface area contributed by atoms with E-state index in [2.05, 4.69) is 20.5 Å². The Morgan fingerprint density at radius 3 is 2.59 bits per heavy atom. The third-order valence-electron chi connectivity index (χ3n) is 4.07. The average Bonchev–Trinajstić information content (AvgIpc) is 3.00. The number of amides is 2. The minimum absolute atomic E-state index is 0.0505. The van der Waals surface area contributed by atoms with E-state index in [1.807, 2.05) is 19.1 Å². The van der Waals surface area contributed by atoms with Crippen molar-refractivity contribution in [1.29, 1.82) is 0 Å². The molecule has 0 bridgehead atoms. The smallest absolute Gasteiger partial charge is 0.295 e. The standard InChI is InChI=1S/C20H20N4O3/c1-2-3-8-17(25)21-14-11-9-13(10-12-14)19(26)24-23-18-15-6-4-5-7-16(15)22-20(18)27/h4-7,9-12,22,27H,2-3,8H2,1H3,(H,21,25). The Bertz CT molecular complexity index is 990. The van der Waals surface area contributed by atoms with Gasteiger partial charge in [-0.1, -0.05) is 31.5 Å². The van der Waals surface area contributed by atoms with Crippen molar-refractivity contribution in [3.8, 4) is 5.88 Å². The minimum atomic E-state index is -0.538. The molecule has 0 atom stereocenters. The van der Waals surface area contributed by atoms with Crippen LogP contribution in [0.5, 0.6) is 5.88 Å². The summed E-state index contributed by atoms with van der Waals surface area (Å²) < 4.78 is 0. The van der Waals surface area contributed by atoms with Crippen molar-refractivity contribution in [2.45, 2.75) is 26.2 Å². The van der Waals surface area contributed by atoms with Crippen LogP contribution in [0.25, 0.3) is 10.9 Å². The number of aromatic hydroxyl groups is 1. The predicted molar refractivity (Wildman–Crippen MR) is 103 cm³/mol. The summed E-state index contributed by atoms with van der Waals surface area (Å²) in [5.74, 6) is -0.730. The molecule has 7 nitrogen and oxygen atoms in total. The molecule has 0 aliphatic rings. The Kier molecular flexibility index (Phi) is 5.61. The van der Waals surface area contributed by atoms with Gasteiger partial charge in [0.1, 0.15) is 0 Å². The topological polar surface area (TPSA) is 107 Å². The Morgan fingerprint density at radius 1 is 1.11 bits per heavy atom. The van der Waals surface area contributed by atoms with Crippen molar-refractivity contribution >= 4 is 34.1 Å². The van der Waals surface area contributed by atoms with Gasteiger partial charge in [0, 0.05) is 23.1 Å². The van der Waals surface area contributed by atoms with Crippen LogP contribution in [0.15, 0.2) is 58.8 Å². The number of hydrogen-bond donors (Lipinski definition) is 3. The van der Waals surface area contributed by atoms with Gasteiger partial charge in [-0.2, -0.15) is 0 Å². The van der Waals surface area contributed by atoms with Gasteiger partial charge in [0.05, 0.1) is 5.52 Å². The van der Waals surface area contributed by atoms with E-state index in [0.29, 0.717) is 28.6 Å². The highest BCUT2D eigenvalue weighted by Gasteiger charge is 2.11. The summed E-state index contributed by atoms with van der Waals surface area (Å²) in [5, 5.41) is 21.0. The molecular formula is C20H20N4O3. The summed E-state index contributed by atoms with van der Waals surface area (Å²) in [7, 11) is 0. The second-order valence-corrected chi connectivity index (χ2v) is 6.10. The second kappa shape index (κ2) is 8.27. The number of anilines is 1. The lowest BCUT2D eigenvalue weighted by Gasteiger charge is -2.04. The zero-order valence-corrected chi connectivity index (χ0v) is 14.9. The van der Waals surface area contributed by atoms with Crippen LogP contribution in [0.3, 0.4) is 0 Å². The van der Waals surface area contributed by atoms with E-state index in [1.165, 1.54) is 0 Å². The number of carbonyl (C=O) groups excluding carboxylic acids is 2.